The Bertz CT molecular complexity index is 1500. The Morgan fingerprint density at radius 3 is 2.07 bits per heavy atom. The number of amides is 2. The van der Waals surface area contributed by atoms with E-state index < -0.39 is 28.5 Å². The van der Waals surface area contributed by atoms with Gasteiger partial charge in [0.25, 0.3) is 10.0 Å². The third-order valence-electron chi connectivity index (χ3n) is 6.41. The summed E-state index contributed by atoms with van der Waals surface area (Å²) >= 11 is 24.6. The minimum Gasteiger partial charge on any atom is -0.354 e. The molecule has 12 heteroatoms. The number of sulfonamides is 1. The second-order valence-electron chi connectivity index (χ2n) is 9.51. The monoisotopic (exact) mass is 657 g/mol. The van der Waals surface area contributed by atoms with Crippen molar-refractivity contribution >= 4 is 73.9 Å². The van der Waals surface area contributed by atoms with E-state index in [0.717, 1.165) is 22.7 Å². The van der Waals surface area contributed by atoms with Gasteiger partial charge in [0.05, 0.1) is 30.7 Å². The van der Waals surface area contributed by atoms with Crippen molar-refractivity contribution in [1.82, 2.24) is 10.2 Å². The molecule has 0 radical (unpaired) electrons. The lowest BCUT2D eigenvalue weighted by Gasteiger charge is -2.32. The Hall–Kier alpha value is -2.49. The maximum absolute atomic E-state index is 14.0. The highest BCUT2D eigenvalue weighted by molar-refractivity contribution is 7.92. The molecular weight excluding hydrogens is 628 g/mol. The van der Waals surface area contributed by atoms with Gasteiger partial charge in [-0.3, -0.25) is 13.9 Å². The summed E-state index contributed by atoms with van der Waals surface area (Å²) in [5.41, 5.74) is 1.63. The Kier molecular flexibility index (Phi) is 11.8. The van der Waals surface area contributed by atoms with Crippen LogP contribution in [0.5, 0.6) is 0 Å². The van der Waals surface area contributed by atoms with Gasteiger partial charge in [-0.05, 0) is 68.3 Å². The molecule has 0 heterocycles. The zero-order valence-electron chi connectivity index (χ0n) is 22.8. The smallest absolute Gasteiger partial charge is 0.264 e. The molecule has 0 unspecified atom stereocenters. The van der Waals surface area contributed by atoms with Crippen LogP contribution in [0.3, 0.4) is 0 Å². The van der Waals surface area contributed by atoms with Gasteiger partial charge < -0.3 is 10.2 Å². The molecule has 3 rings (SSSR count). The zero-order chi connectivity index (χ0) is 30.3. The fourth-order valence-electron chi connectivity index (χ4n) is 3.96. The number of unbranched alkanes of at least 4 members (excludes halogenated alkanes) is 1. The minimum atomic E-state index is -4.23. The van der Waals surface area contributed by atoms with Crippen LogP contribution in [0.2, 0.25) is 20.1 Å². The molecule has 220 valence electrons. The van der Waals surface area contributed by atoms with E-state index in [2.05, 4.69) is 5.32 Å². The predicted molar refractivity (Wildman–Crippen MR) is 167 cm³/mol. The first-order chi connectivity index (χ1) is 19.3. The van der Waals surface area contributed by atoms with E-state index in [1.165, 1.54) is 35.2 Å². The Morgan fingerprint density at radius 2 is 1.49 bits per heavy atom. The van der Waals surface area contributed by atoms with Crippen molar-refractivity contribution in [2.75, 3.05) is 17.4 Å². The molecule has 1 N–H and O–H groups in total. The number of halogens is 4. The summed E-state index contributed by atoms with van der Waals surface area (Å²) in [5.74, 6) is -0.981. The molecule has 1 atom stereocenters. The zero-order valence-corrected chi connectivity index (χ0v) is 26.7. The van der Waals surface area contributed by atoms with Gasteiger partial charge in [0.2, 0.25) is 11.8 Å². The summed E-state index contributed by atoms with van der Waals surface area (Å²) < 4.78 is 28.7. The third-order valence-corrected chi connectivity index (χ3v) is 9.68. The largest absolute Gasteiger partial charge is 0.354 e. The highest BCUT2D eigenvalue weighted by atomic mass is 35.5. The average Bonchev–Trinajstić information content (AvgIpc) is 2.93. The fraction of sp³-hybridized carbons (Fsp3) is 0.310. The Balaban J connectivity index is 2.04. The molecule has 2 amide bonds. The number of nitrogens with zero attached hydrogens (tertiary/aromatic N) is 2. The van der Waals surface area contributed by atoms with Crippen LogP contribution in [0.4, 0.5) is 5.69 Å². The lowest BCUT2D eigenvalue weighted by atomic mass is 10.1. The molecule has 0 aliphatic rings. The summed E-state index contributed by atoms with van der Waals surface area (Å²) in [6.45, 7) is 5.26. The molecule has 0 saturated carbocycles. The number of hydrogen-bond donors (Lipinski definition) is 1. The van der Waals surface area contributed by atoms with Gasteiger partial charge in [0.15, 0.2) is 0 Å². The normalized spacial score (nSPS) is 12.1. The van der Waals surface area contributed by atoms with Crippen LogP contribution < -0.4 is 9.62 Å². The molecule has 0 aromatic heterocycles. The first-order valence-corrected chi connectivity index (χ1v) is 15.9. The molecule has 3 aromatic rings. The van der Waals surface area contributed by atoms with Crippen molar-refractivity contribution in [3.05, 3.63) is 91.9 Å². The van der Waals surface area contributed by atoms with Crippen LogP contribution in [-0.2, 0) is 26.2 Å². The summed E-state index contributed by atoms with van der Waals surface area (Å²) in [5, 5.41) is 3.82. The van der Waals surface area contributed by atoms with Gasteiger partial charge in [0, 0.05) is 13.1 Å². The quantitative estimate of drug-likeness (QED) is 0.210. The molecule has 41 heavy (non-hydrogen) atoms. The molecule has 0 fully saturated rings. The summed E-state index contributed by atoms with van der Waals surface area (Å²) in [6, 6.07) is 14.5. The highest BCUT2D eigenvalue weighted by Gasteiger charge is 2.32. The number of carbonyl (C=O) groups excluding carboxylic acids is 2. The number of benzene rings is 3. The van der Waals surface area contributed by atoms with E-state index in [1.807, 2.05) is 13.8 Å². The first-order valence-electron chi connectivity index (χ1n) is 12.9. The minimum absolute atomic E-state index is 0.0108. The lowest BCUT2D eigenvalue weighted by Crippen LogP contribution is -2.51. The Labute approximate surface area is 261 Å². The van der Waals surface area contributed by atoms with Crippen LogP contribution in [0.1, 0.15) is 37.8 Å². The molecule has 0 aliphatic carbocycles. The maximum Gasteiger partial charge on any atom is 0.264 e. The van der Waals surface area contributed by atoms with Crippen LogP contribution in [0.25, 0.3) is 0 Å². The van der Waals surface area contributed by atoms with E-state index in [0.29, 0.717) is 17.1 Å². The van der Waals surface area contributed by atoms with Gasteiger partial charge >= 0.3 is 0 Å². The van der Waals surface area contributed by atoms with Gasteiger partial charge in [-0.25, -0.2) is 8.42 Å². The topological polar surface area (TPSA) is 86.8 Å². The molecule has 0 saturated heterocycles. The predicted octanol–water partition coefficient (Wildman–Crippen LogP) is 7.14. The SMILES string of the molecule is CCCCNC(=O)[C@@H](C)N(Cc1ccc(Cl)c(Cl)c1)C(=O)CN(c1ccc(Cl)c(Cl)c1)S(=O)(=O)c1ccc(C)cc1. The van der Waals surface area contributed by atoms with Gasteiger partial charge in [-0.1, -0.05) is 83.5 Å². The van der Waals surface area contributed by atoms with Crippen molar-refractivity contribution in [3.8, 4) is 0 Å². The van der Waals surface area contributed by atoms with Crippen molar-refractivity contribution in [2.24, 2.45) is 0 Å². The number of nitrogens with one attached hydrogen (secondary N) is 1. The van der Waals surface area contributed by atoms with Crippen molar-refractivity contribution in [1.29, 1.82) is 0 Å². The molecule has 3 aromatic carbocycles. The lowest BCUT2D eigenvalue weighted by molar-refractivity contribution is -0.139. The van der Waals surface area contributed by atoms with E-state index >= 15 is 0 Å². The van der Waals surface area contributed by atoms with Crippen molar-refractivity contribution in [3.63, 3.8) is 0 Å². The van der Waals surface area contributed by atoms with Gasteiger partial charge in [-0.15, -0.1) is 0 Å². The van der Waals surface area contributed by atoms with E-state index in [-0.39, 0.29) is 38.1 Å². The van der Waals surface area contributed by atoms with Crippen LogP contribution >= 0.6 is 46.4 Å². The molecule has 7 nitrogen and oxygen atoms in total. The van der Waals surface area contributed by atoms with E-state index in [9.17, 15) is 18.0 Å². The summed E-state index contributed by atoms with van der Waals surface area (Å²) in [7, 11) is -4.23. The number of aryl methyl sites for hydroxylation is 1. The van der Waals surface area contributed by atoms with Gasteiger partial charge in [-0.2, -0.15) is 0 Å². The second-order valence-corrected chi connectivity index (χ2v) is 13.0. The standard InChI is InChI=1S/C29H31Cl4N3O4S/c1-4-5-14-34-29(38)20(3)35(17-21-8-12-24(30)26(32)15-21)28(37)18-36(22-9-13-25(31)27(33)16-22)41(39,40)23-10-6-19(2)7-11-23/h6-13,15-16,20H,4-5,14,17-18H2,1-3H3,(H,34,38)/t20-/m1/s1. The van der Waals surface area contributed by atoms with Gasteiger partial charge in [0.1, 0.15) is 12.6 Å². The Morgan fingerprint density at radius 1 is 0.878 bits per heavy atom. The third kappa shape index (κ3) is 8.52. The van der Waals surface area contributed by atoms with E-state index in [4.69, 9.17) is 46.4 Å². The molecule has 0 aliphatic heterocycles. The van der Waals surface area contributed by atoms with Crippen molar-refractivity contribution < 1.29 is 18.0 Å². The highest BCUT2D eigenvalue weighted by Crippen LogP contribution is 2.31. The number of carbonyl (C=O) groups is 2. The second kappa shape index (κ2) is 14.6. The first kappa shape index (κ1) is 33.0. The fourth-order valence-corrected chi connectivity index (χ4v) is 5.98. The van der Waals surface area contributed by atoms with Crippen LogP contribution in [0.15, 0.2) is 65.6 Å². The number of hydrogen-bond acceptors (Lipinski definition) is 4. The summed E-state index contributed by atoms with van der Waals surface area (Å²) in [4.78, 5) is 28.3. The van der Waals surface area contributed by atoms with E-state index in [1.54, 1.807) is 37.3 Å². The molecule has 0 bridgehead atoms. The summed E-state index contributed by atoms with van der Waals surface area (Å²) in [6.07, 6.45) is 1.66. The van der Waals surface area contributed by atoms with Crippen LogP contribution in [0, 0.1) is 6.92 Å². The maximum atomic E-state index is 14.0. The molecular formula is C29H31Cl4N3O4S. The number of anilines is 1. The van der Waals surface area contributed by atoms with Crippen molar-refractivity contribution in [2.45, 2.75) is 51.1 Å². The number of rotatable bonds is 12. The molecule has 0 spiro atoms. The van der Waals surface area contributed by atoms with Crippen LogP contribution in [-0.4, -0.2) is 44.3 Å². The average molecular weight is 659 g/mol.